The van der Waals surface area contributed by atoms with Gasteiger partial charge >= 0.3 is 0 Å². The Morgan fingerprint density at radius 1 is 1.73 bits per heavy atom. The standard InChI is InChI=1S/C7H15N3O/c1-5(8)7(11)10-3-2-6(9)4-10/h5-6H,2-4,8-9H2,1H3/t5-,6-/m1/s1. The third-order valence-corrected chi connectivity index (χ3v) is 1.93. The van der Waals surface area contributed by atoms with Gasteiger partial charge in [-0.2, -0.15) is 0 Å². The second-order valence-corrected chi connectivity index (χ2v) is 3.12. The van der Waals surface area contributed by atoms with E-state index >= 15 is 0 Å². The highest BCUT2D eigenvalue weighted by atomic mass is 16.2. The number of hydrogen-bond donors (Lipinski definition) is 2. The molecule has 11 heavy (non-hydrogen) atoms. The van der Waals surface area contributed by atoms with Crippen LogP contribution in [0.5, 0.6) is 0 Å². The van der Waals surface area contributed by atoms with E-state index in [-0.39, 0.29) is 18.0 Å². The van der Waals surface area contributed by atoms with Crippen LogP contribution in [0, 0.1) is 0 Å². The predicted octanol–water partition coefficient (Wildman–Crippen LogP) is -1.11. The molecule has 1 aliphatic heterocycles. The summed E-state index contributed by atoms with van der Waals surface area (Å²) < 4.78 is 0. The fourth-order valence-corrected chi connectivity index (χ4v) is 1.28. The highest BCUT2D eigenvalue weighted by Crippen LogP contribution is 2.07. The third-order valence-electron chi connectivity index (χ3n) is 1.93. The monoisotopic (exact) mass is 157 g/mol. The van der Waals surface area contributed by atoms with Crippen LogP contribution in [0.3, 0.4) is 0 Å². The molecular formula is C7H15N3O. The van der Waals surface area contributed by atoms with Crippen molar-refractivity contribution >= 4 is 5.91 Å². The van der Waals surface area contributed by atoms with Gasteiger partial charge in [-0.25, -0.2) is 0 Å². The Bertz CT molecular complexity index is 158. The molecule has 1 rings (SSSR count). The first-order valence-electron chi connectivity index (χ1n) is 3.91. The maximum absolute atomic E-state index is 11.2. The molecule has 0 radical (unpaired) electrons. The van der Waals surface area contributed by atoms with Crippen molar-refractivity contribution in [1.29, 1.82) is 0 Å². The summed E-state index contributed by atoms with van der Waals surface area (Å²) >= 11 is 0. The van der Waals surface area contributed by atoms with Crippen molar-refractivity contribution in [3.63, 3.8) is 0 Å². The van der Waals surface area contributed by atoms with E-state index in [1.54, 1.807) is 11.8 Å². The Labute approximate surface area is 66.5 Å². The first kappa shape index (κ1) is 8.49. The summed E-state index contributed by atoms with van der Waals surface area (Å²) in [7, 11) is 0. The zero-order chi connectivity index (χ0) is 8.43. The van der Waals surface area contributed by atoms with Crippen LogP contribution in [0.15, 0.2) is 0 Å². The van der Waals surface area contributed by atoms with E-state index in [2.05, 4.69) is 0 Å². The van der Waals surface area contributed by atoms with Crippen molar-refractivity contribution in [3.05, 3.63) is 0 Å². The van der Waals surface area contributed by atoms with Gasteiger partial charge in [0, 0.05) is 19.1 Å². The zero-order valence-electron chi connectivity index (χ0n) is 6.79. The van der Waals surface area contributed by atoms with Crippen LogP contribution in [0.1, 0.15) is 13.3 Å². The molecule has 0 spiro atoms. The molecule has 1 heterocycles. The zero-order valence-corrected chi connectivity index (χ0v) is 6.79. The van der Waals surface area contributed by atoms with Gasteiger partial charge in [-0.3, -0.25) is 4.79 Å². The van der Waals surface area contributed by atoms with Crippen LogP contribution >= 0.6 is 0 Å². The highest BCUT2D eigenvalue weighted by molar-refractivity contribution is 5.81. The fourth-order valence-electron chi connectivity index (χ4n) is 1.28. The van der Waals surface area contributed by atoms with E-state index in [0.717, 1.165) is 13.0 Å². The lowest BCUT2D eigenvalue weighted by Gasteiger charge is -2.17. The maximum Gasteiger partial charge on any atom is 0.239 e. The van der Waals surface area contributed by atoms with Crippen LogP contribution in [-0.4, -0.2) is 36.0 Å². The van der Waals surface area contributed by atoms with E-state index in [9.17, 15) is 4.79 Å². The second-order valence-electron chi connectivity index (χ2n) is 3.12. The average Bonchev–Trinajstić information content (AvgIpc) is 2.34. The Hall–Kier alpha value is -0.610. The van der Waals surface area contributed by atoms with Crippen molar-refractivity contribution in [2.24, 2.45) is 11.5 Å². The predicted molar refractivity (Wildman–Crippen MR) is 42.8 cm³/mol. The summed E-state index contributed by atoms with van der Waals surface area (Å²) in [5.74, 6) is 0.0120. The van der Waals surface area contributed by atoms with Gasteiger partial charge in [0.15, 0.2) is 0 Å². The Morgan fingerprint density at radius 3 is 2.73 bits per heavy atom. The molecule has 0 aromatic heterocycles. The van der Waals surface area contributed by atoms with Crippen molar-refractivity contribution in [2.45, 2.75) is 25.4 Å². The minimum atomic E-state index is -0.389. The number of carbonyl (C=O) groups excluding carboxylic acids is 1. The lowest BCUT2D eigenvalue weighted by molar-refractivity contribution is -0.131. The Kier molecular flexibility index (Phi) is 2.46. The quantitative estimate of drug-likeness (QED) is 0.507. The van der Waals surface area contributed by atoms with Crippen LogP contribution < -0.4 is 11.5 Å². The summed E-state index contributed by atoms with van der Waals surface area (Å²) in [6, 6.07) is -0.238. The molecule has 0 bridgehead atoms. The van der Waals surface area contributed by atoms with Crippen LogP contribution in [0.4, 0.5) is 0 Å². The average molecular weight is 157 g/mol. The van der Waals surface area contributed by atoms with Crippen LogP contribution in [0.2, 0.25) is 0 Å². The largest absolute Gasteiger partial charge is 0.340 e. The summed E-state index contributed by atoms with van der Waals surface area (Å²) in [6.45, 7) is 3.13. The van der Waals surface area contributed by atoms with Crippen molar-refractivity contribution in [1.82, 2.24) is 4.90 Å². The Morgan fingerprint density at radius 2 is 2.36 bits per heavy atom. The van der Waals surface area contributed by atoms with E-state index < -0.39 is 0 Å². The number of likely N-dealkylation sites (tertiary alicyclic amines) is 1. The number of nitrogens with two attached hydrogens (primary N) is 2. The summed E-state index contributed by atoms with van der Waals surface area (Å²) in [4.78, 5) is 13.0. The molecule has 0 unspecified atom stereocenters. The van der Waals surface area contributed by atoms with Gasteiger partial charge in [0.05, 0.1) is 6.04 Å². The van der Waals surface area contributed by atoms with E-state index in [0.29, 0.717) is 6.54 Å². The van der Waals surface area contributed by atoms with Gasteiger partial charge in [0.25, 0.3) is 0 Å². The molecule has 0 saturated carbocycles. The molecule has 1 fully saturated rings. The van der Waals surface area contributed by atoms with Gasteiger partial charge < -0.3 is 16.4 Å². The molecule has 4 N–H and O–H groups in total. The first-order valence-corrected chi connectivity index (χ1v) is 3.91. The number of hydrogen-bond acceptors (Lipinski definition) is 3. The molecule has 1 amide bonds. The molecule has 4 nitrogen and oxygen atoms in total. The first-order chi connectivity index (χ1) is 5.11. The van der Waals surface area contributed by atoms with E-state index in [4.69, 9.17) is 11.5 Å². The molecule has 64 valence electrons. The molecular weight excluding hydrogens is 142 g/mol. The smallest absolute Gasteiger partial charge is 0.239 e. The molecule has 1 aliphatic rings. The van der Waals surface area contributed by atoms with Gasteiger partial charge in [-0.15, -0.1) is 0 Å². The SMILES string of the molecule is C[C@@H](N)C(=O)N1CC[C@@H](N)C1. The van der Waals surface area contributed by atoms with Gasteiger partial charge in [0.1, 0.15) is 0 Å². The van der Waals surface area contributed by atoms with Crippen molar-refractivity contribution < 1.29 is 4.79 Å². The fraction of sp³-hybridized carbons (Fsp3) is 0.857. The molecule has 2 atom stereocenters. The van der Waals surface area contributed by atoms with E-state index in [1.165, 1.54) is 0 Å². The normalized spacial score (nSPS) is 27.2. The lowest BCUT2D eigenvalue weighted by atomic mass is 10.3. The summed E-state index contributed by atoms with van der Waals surface area (Å²) in [5, 5.41) is 0. The Balaban J connectivity index is 2.43. The summed E-state index contributed by atoms with van der Waals surface area (Å²) in [6.07, 6.45) is 0.901. The molecule has 4 heteroatoms. The van der Waals surface area contributed by atoms with Crippen LogP contribution in [-0.2, 0) is 4.79 Å². The second kappa shape index (κ2) is 3.19. The number of rotatable bonds is 1. The van der Waals surface area contributed by atoms with Gasteiger partial charge in [-0.1, -0.05) is 0 Å². The minimum absolute atomic E-state index is 0.0120. The van der Waals surface area contributed by atoms with Crippen molar-refractivity contribution in [3.8, 4) is 0 Å². The minimum Gasteiger partial charge on any atom is -0.340 e. The topological polar surface area (TPSA) is 72.4 Å². The molecule has 0 aliphatic carbocycles. The highest BCUT2D eigenvalue weighted by Gasteiger charge is 2.24. The van der Waals surface area contributed by atoms with Gasteiger partial charge in [0.2, 0.25) is 5.91 Å². The van der Waals surface area contributed by atoms with Crippen molar-refractivity contribution in [2.75, 3.05) is 13.1 Å². The summed E-state index contributed by atoms with van der Waals surface area (Å²) in [5.41, 5.74) is 11.1. The molecule has 0 aromatic carbocycles. The number of carbonyl (C=O) groups is 1. The van der Waals surface area contributed by atoms with E-state index in [1.807, 2.05) is 0 Å². The molecule has 0 aromatic rings. The maximum atomic E-state index is 11.2. The number of amides is 1. The third kappa shape index (κ3) is 1.91. The van der Waals surface area contributed by atoms with Crippen LogP contribution in [0.25, 0.3) is 0 Å². The van der Waals surface area contributed by atoms with Gasteiger partial charge in [-0.05, 0) is 13.3 Å². The molecule has 1 saturated heterocycles. The number of nitrogens with zero attached hydrogens (tertiary/aromatic N) is 1. The lowest BCUT2D eigenvalue weighted by Crippen LogP contribution is -2.41.